The van der Waals surface area contributed by atoms with E-state index in [-0.39, 0.29) is 58.0 Å². The molecule has 2 aromatic rings. The van der Waals surface area contributed by atoms with Gasteiger partial charge in [-0.25, -0.2) is 0 Å². The molecule has 12 nitrogen and oxygen atoms in total. The average Bonchev–Trinajstić information content (AvgIpc) is 2.89. The van der Waals surface area contributed by atoms with Gasteiger partial charge in [0.2, 0.25) is 5.91 Å². The highest BCUT2D eigenvalue weighted by molar-refractivity contribution is 6.35. The summed E-state index contributed by atoms with van der Waals surface area (Å²) < 4.78 is 38.4. The van der Waals surface area contributed by atoms with Gasteiger partial charge in [-0.05, 0) is 30.3 Å². The Bertz CT molecular complexity index is 1370. The molecular formula is C24H23Cl2F3N6O6. The van der Waals surface area contributed by atoms with Crippen molar-refractivity contribution in [2.45, 2.75) is 24.7 Å². The molecule has 41 heavy (non-hydrogen) atoms. The highest BCUT2D eigenvalue weighted by atomic mass is 35.5. The third-order valence-electron chi connectivity index (χ3n) is 5.45. The van der Waals surface area contributed by atoms with E-state index in [1.165, 1.54) is 18.2 Å². The number of alkyl halides is 3. The van der Waals surface area contributed by atoms with Crippen molar-refractivity contribution in [3.63, 3.8) is 0 Å². The second-order valence-corrected chi connectivity index (χ2v) is 9.47. The molecule has 3 rings (SSSR count). The lowest BCUT2D eigenvalue weighted by atomic mass is 10.0. The smallest absolute Gasteiger partial charge is 0.471 e. The topological polar surface area (TPSA) is 181 Å². The molecule has 0 radical (unpaired) electrons. The molecule has 7 N–H and O–H groups in total. The van der Waals surface area contributed by atoms with Gasteiger partial charge in [-0.15, -0.1) is 0 Å². The molecule has 1 unspecified atom stereocenters. The molecule has 3 amide bonds. The van der Waals surface area contributed by atoms with Crippen LogP contribution in [0.3, 0.4) is 0 Å². The molecule has 0 aliphatic carbocycles. The minimum Gasteiger partial charge on any atom is -0.506 e. The highest BCUT2D eigenvalue weighted by Crippen LogP contribution is 2.35. The SMILES string of the molecule is O=CC[C@@H](NC(=O)CNC(=O)c1cc(NC(=O)C(F)(F)F)cc(NC2=NCC(O)CN2)c1)c1cc(Cl)cc(Cl)c1O. The average molecular weight is 619 g/mol. The van der Waals surface area contributed by atoms with Crippen LogP contribution in [-0.4, -0.2) is 72.1 Å². The number of aliphatic hydroxyl groups is 1. The molecule has 220 valence electrons. The maximum absolute atomic E-state index is 12.8. The lowest BCUT2D eigenvalue weighted by Crippen LogP contribution is -2.42. The number of nitrogens with zero attached hydrogens (tertiary/aromatic N) is 1. The number of rotatable bonds is 9. The summed E-state index contributed by atoms with van der Waals surface area (Å²) in [6.45, 7) is -0.451. The van der Waals surface area contributed by atoms with Crippen molar-refractivity contribution in [3.8, 4) is 5.75 Å². The van der Waals surface area contributed by atoms with E-state index < -0.39 is 48.3 Å². The minimum absolute atomic E-state index is 0.0482. The molecule has 1 aliphatic heterocycles. The van der Waals surface area contributed by atoms with E-state index in [9.17, 15) is 42.6 Å². The molecule has 1 aliphatic rings. The van der Waals surface area contributed by atoms with Gasteiger partial charge in [0.25, 0.3) is 5.91 Å². The van der Waals surface area contributed by atoms with E-state index in [4.69, 9.17) is 23.2 Å². The molecule has 2 atom stereocenters. The predicted octanol–water partition coefficient (Wildman–Crippen LogP) is 2.11. The van der Waals surface area contributed by atoms with E-state index in [1.54, 1.807) is 5.32 Å². The van der Waals surface area contributed by atoms with Gasteiger partial charge in [0.1, 0.15) is 12.0 Å². The fourth-order valence-corrected chi connectivity index (χ4v) is 4.09. The molecule has 0 bridgehead atoms. The third-order valence-corrected chi connectivity index (χ3v) is 5.95. The third kappa shape index (κ3) is 8.96. The first-order valence-electron chi connectivity index (χ1n) is 11.7. The van der Waals surface area contributed by atoms with Gasteiger partial charge in [0, 0.05) is 40.5 Å². The minimum atomic E-state index is -5.20. The number of carbonyl (C=O) groups excluding carboxylic acids is 4. The summed E-state index contributed by atoms with van der Waals surface area (Å²) in [5.41, 5.74) is -0.505. The van der Waals surface area contributed by atoms with Crippen LogP contribution in [0.25, 0.3) is 0 Å². The molecular weight excluding hydrogens is 596 g/mol. The molecule has 0 saturated carbocycles. The zero-order chi connectivity index (χ0) is 30.3. The van der Waals surface area contributed by atoms with Crippen LogP contribution in [0.1, 0.15) is 28.4 Å². The van der Waals surface area contributed by atoms with Gasteiger partial charge < -0.3 is 41.6 Å². The number of aliphatic imine (C=N–C) groups is 1. The Balaban J connectivity index is 1.76. The molecule has 0 fully saturated rings. The zero-order valence-electron chi connectivity index (χ0n) is 20.8. The highest BCUT2D eigenvalue weighted by Gasteiger charge is 2.38. The Labute approximate surface area is 240 Å². The van der Waals surface area contributed by atoms with E-state index in [1.807, 2.05) is 0 Å². The quantitative estimate of drug-likeness (QED) is 0.209. The summed E-state index contributed by atoms with van der Waals surface area (Å²) in [5, 5.41) is 31.7. The summed E-state index contributed by atoms with van der Waals surface area (Å²) in [6, 6.07) is 4.82. The predicted molar refractivity (Wildman–Crippen MR) is 143 cm³/mol. The van der Waals surface area contributed by atoms with Crippen LogP contribution in [0.15, 0.2) is 35.3 Å². The number of aromatic hydroxyl groups is 1. The molecule has 0 saturated heterocycles. The maximum atomic E-state index is 12.8. The van der Waals surface area contributed by atoms with Crippen molar-refractivity contribution < 1.29 is 42.6 Å². The van der Waals surface area contributed by atoms with Gasteiger partial charge >= 0.3 is 12.1 Å². The first-order valence-corrected chi connectivity index (χ1v) is 12.5. The second-order valence-electron chi connectivity index (χ2n) is 8.63. The summed E-state index contributed by atoms with van der Waals surface area (Å²) in [4.78, 5) is 52.1. The number of carbonyl (C=O) groups is 4. The van der Waals surface area contributed by atoms with Crippen LogP contribution in [-0.2, 0) is 14.4 Å². The van der Waals surface area contributed by atoms with Crippen molar-refractivity contribution in [2.24, 2.45) is 4.99 Å². The summed E-state index contributed by atoms with van der Waals surface area (Å²) >= 11 is 11.9. The summed E-state index contributed by atoms with van der Waals surface area (Å²) in [6.07, 6.45) is -5.72. The number of guanidine groups is 1. The number of benzene rings is 2. The van der Waals surface area contributed by atoms with Crippen molar-refractivity contribution in [1.82, 2.24) is 16.0 Å². The number of hydrogen-bond acceptors (Lipinski definition) is 9. The Morgan fingerprint density at radius 1 is 1.15 bits per heavy atom. The first kappa shape index (κ1) is 31.4. The maximum Gasteiger partial charge on any atom is 0.471 e. The number of phenolic OH excluding ortho intramolecular Hbond substituents is 1. The van der Waals surface area contributed by atoms with Crippen molar-refractivity contribution in [3.05, 3.63) is 51.5 Å². The Hall–Kier alpha value is -4.08. The van der Waals surface area contributed by atoms with Gasteiger partial charge in [-0.2, -0.15) is 13.2 Å². The lowest BCUT2D eigenvalue weighted by molar-refractivity contribution is -0.167. The first-order chi connectivity index (χ1) is 19.3. The zero-order valence-corrected chi connectivity index (χ0v) is 22.3. The number of nitrogens with one attached hydrogen (secondary N) is 5. The number of β-amino-alcohol motifs (C(OH)–C–C–N with tert-alkyl or cyclic N) is 1. The monoisotopic (exact) mass is 618 g/mol. The number of aldehydes is 1. The van der Waals surface area contributed by atoms with Crippen LogP contribution in [0.2, 0.25) is 10.0 Å². The summed E-state index contributed by atoms with van der Waals surface area (Å²) in [5.74, 6) is -4.22. The van der Waals surface area contributed by atoms with E-state index in [0.717, 1.165) is 12.1 Å². The standard InChI is InChI=1S/C24H23Cl2F3N6O6/c25-12-5-16(20(39)17(26)6-12)18(1-2-36)35-19(38)10-30-21(40)11-3-13(33-22(41)24(27,28)29)7-14(4-11)34-23-31-8-15(37)9-32-23/h2-7,15,18,37,39H,1,8-10H2,(H,30,40)(H,33,41)(H,35,38)(H2,31,32,34)/t18-/m1/s1. The van der Waals surface area contributed by atoms with E-state index in [0.29, 0.717) is 6.29 Å². The van der Waals surface area contributed by atoms with Crippen LogP contribution in [0.4, 0.5) is 24.5 Å². The number of aliphatic hydroxyl groups excluding tert-OH is 1. The fourth-order valence-electron chi connectivity index (χ4n) is 3.58. The van der Waals surface area contributed by atoms with Gasteiger partial charge in [-0.1, -0.05) is 23.2 Å². The Morgan fingerprint density at radius 2 is 1.85 bits per heavy atom. The van der Waals surface area contributed by atoms with Crippen molar-refractivity contribution >= 4 is 64.5 Å². The molecule has 17 heteroatoms. The van der Waals surface area contributed by atoms with Gasteiger partial charge in [-0.3, -0.25) is 19.4 Å². The molecule has 0 spiro atoms. The fraction of sp³-hybridized carbons (Fsp3) is 0.292. The van der Waals surface area contributed by atoms with E-state index in [2.05, 4.69) is 26.3 Å². The molecule has 2 aromatic carbocycles. The van der Waals surface area contributed by atoms with Crippen molar-refractivity contribution in [1.29, 1.82) is 0 Å². The second kappa shape index (κ2) is 13.5. The van der Waals surface area contributed by atoms with Crippen LogP contribution in [0, 0.1) is 0 Å². The number of amides is 3. The van der Waals surface area contributed by atoms with Gasteiger partial charge in [0.15, 0.2) is 5.96 Å². The van der Waals surface area contributed by atoms with Crippen LogP contribution in [0.5, 0.6) is 5.75 Å². The molecule has 1 heterocycles. The normalized spacial score (nSPS) is 15.6. The van der Waals surface area contributed by atoms with Crippen LogP contribution >= 0.6 is 23.2 Å². The van der Waals surface area contributed by atoms with E-state index >= 15 is 0 Å². The largest absolute Gasteiger partial charge is 0.506 e. The molecule has 0 aromatic heterocycles. The summed E-state index contributed by atoms with van der Waals surface area (Å²) in [7, 11) is 0. The number of halogens is 5. The lowest BCUT2D eigenvalue weighted by Gasteiger charge is -2.21. The Morgan fingerprint density at radius 3 is 2.49 bits per heavy atom. The number of anilines is 2. The van der Waals surface area contributed by atoms with Gasteiger partial charge in [0.05, 0.1) is 30.3 Å². The number of hydrogen-bond donors (Lipinski definition) is 7. The Kier molecular flexibility index (Phi) is 10.4. The number of phenols is 1. The van der Waals surface area contributed by atoms with Crippen molar-refractivity contribution in [2.75, 3.05) is 30.3 Å². The van der Waals surface area contributed by atoms with Crippen LogP contribution < -0.4 is 26.6 Å².